The lowest BCUT2D eigenvalue weighted by Crippen LogP contribution is -1.87. The first kappa shape index (κ1) is 7.28. The highest BCUT2D eigenvalue weighted by molar-refractivity contribution is 5.49. The highest BCUT2D eigenvalue weighted by Gasteiger charge is 2.06. The number of hydrogen-bond acceptors (Lipinski definition) is 1. The molecule has 0 unspecified atom stereocenters. The van der Waals surface area contributed by atoms with Gasteiger partial charge in [-0.05, 0) is 25.5 Å². The van der Waals surface area contributed by atoms with Crippen LogP contribution in [0, 0.1) is 19.7 Å². The lowest BCUT2D eigenvalue weighted by Gasteiger charge is -1.93. The van der Waals surface area contributed by atoms with Crippen LogP contribution in [0.5, 0.6) is 0 Å². The number of fused-ring (bicyclic) bond motifs is 1. The Morgan fingerprint density at radius 2 is 2.08 bits per heavy atom. The van der Waals surface area contributed by atoms with Crippen LogP contribution in [0.3, 0.4) is 0 Å². The van der Waals surface area contributed by atoms with Crippen molar-refractivity contribution in [2.45, 2.75) is 13.8 Å². The normalized spacial score (nSPS) is 10.9. The molecule has 3 heteroatoms. The number of nitrogens with zero attached hydrogens (tertiary/aromatic N) is 2. The fraction of sp³-hybridized carbons (Fsp3) is 0.222. The Balaban J connectivity index is 2.87. The SMILES string of the molecule is Cc1ccc2c(F)c(C)nn2c1. The Bertz CT molecular complexity index is 431. The van der Waals surface area contributed by atoms with E-state index in [1.165, 1.54) is 0 Å². The van der Waals surface area contributed by atoms with Crippen molar-refractivity contribution in [1.29, 1.82) is 0 Å². The number of halogens is 1. The predicted molar refractivity (Wildman–Crippen MR) is 44.6 cm³/mol. The van der Waals surface area contributed by atoms with E-state index in [1.807, 2.05) is 19.2 Å². The van der Waals surface area contributed by atoms with Gasteiger partial charge in [0.25, 0.3) is 0 Å². The Morgan fingerprint density at radius 1 is 1.33 bits per heavy atom. The summed E-state index contributed by atoms with van der Waals surface area (Å²) in [5.41, 5.74) is 2.06. The van der Waals surface area contributed by atoms with Crippen molar-refractivity contribution >= 4 is 5.52 Å². The first-order valence-corrected chi connectivity index (χ1v) is 3.79. The monoisotopic (exact) mass is 164 g/mol. The lowest BCUT2D eigenvalue weighted by molar-refractivity contribution is 0.629. The van der Waals surface area contributed by atoms with E-state index >= 15 is 0 Å². The third-order valence-electron chi connectivity index (χ3n) is 1.88. The van der Waals surface area contributed by atoms with Gasteiger partial charge in [0.15, 0.2) is 5.82 Å². The molecule has 0 amide bonds. The topological polar surface area (TPSA) is 17.3 Å². The van der Waals surface area contributed by atoms with E-state index < -0.39 is 0 Å². The molecule has 0 radical (unpaired) electrons. The first-order valence-electron chi connectivity index (χ1n) is 3.79. The molecule has 2 nitrogen and oxygen atoms in total. The molecule has 12 heavy (non-hydrogen) atoms. The molecule has 0 saturated heterocycles. The lowest BCUT2D eigenvalue weighted by atomic mass is 10.3. The summed E-state index contributed by atoms with van der Waals surface area (Å²) in [6, 6.07) is 3.62. The zero-order chi connectivity index (χ0) is 8.72. The van der Waals surface area contributed by atoms with Crippen LogP contribution >= 0.6 is 0 Å². The van der Waals surface area contributed by atoms with Crippen LogP contribution in [0.2, 0.25) is 0 Å². The summed E-state index contributed by atoms with van der Waals surface area (Å²) < 4.78 is 14.8. The van der Waals surface area contributed by atoms with Crippen molar-refractivity contribution in [1.82, 2.24) is 9.61 Å². The summed E-state index contributed by atoms with van der Waals surface area (Å²) in [7, 11) is 0. The summed E-state index contributed by atoms with van der Waals surface area (Å²) in [6.45, 7) is 3.62. The Hall–Kier alpha value is -1.38. The van der Waals surface area contributed by atoms with Crippen molar-refractivity contribution in [3.05, 3.63) is 35.4 Å². The van der Waals surface area contributed by atoms with Gasteiger partial charge in [-0.2, -0.15) is 5.10 Å². The molecule has 0 aromatic carbocycles. The van der Waals surface area contributed by atoms with Crippen molar-refractivity contribution in [2.24, 2.45) is 0 Å². The second kappa shape index (κ2) is 2.30. The van der Waals surface area contributed by atoms with Gasteiger partial charge in [0, 0.05) is 6.20 Å². The van der Waals surface area contributed by atoms with E-state index in [0.29, 0.717) is 11.2 Å². The van der Waals surface area contributed by atoms with E-state index in [1.54, 1.807) is 17.5 Å². The number of hydrogen-bond donors (Lipinski definition) is 0. The van der Waals surface area contributed by atoms with E-state index in [2.05, 4.69) is 5.10 Å². The van der Waals surface area contributed by atoms with Gasteiger partial charge in [-0.1, -0.05) is 6.07 Å². The average molecular weight is 164 g/mol. The molecule has 0 N–H and O–H groups in total. The molecule has 0 bridgehead atoms. The minimum atomic E-state index is -0.227. The summed E-state index contributed by atoms with van der Waals surface area (Å²) in [5.74, 6) is -0.227. The molecule has 0 fully saturated rings. The van der Waals surface area contributed by atoms with Crippen LogP contribution in [0.25, 0.3) is 5.52 Å². The highest BCUT2D eigenvalue weighted by atomic mass is 19.1. The molecular weight excluding hydrogens is 155 g/mol. The zero-order valence-electron chi connectivity index (χ0n) is 7.00. The Kier molecular flexibility index (Phi) is 1.40. The maximum Gasteiger partial charge on any atom is 0.171 e. The maximum atomic E-state index is 13.2. The molecule has 62 valence electrons. The molecule has 2 aromatic rings. The standard InChI is InChI=1S/C9H9FN2/c1-6-3-4-8-9(10)7(2)11-12(8)5-6/h3-5H,1-2H3. The predicted octanol–water partition coefficient (Wildman–Crippen LogP) is 2.09. The van der Waals surface area contributed by atoms with Crippen LogP contribution in [-0.4, -0.2) is 9.61 Å². The number of pyridine rings is 1. The summed E-state index contributed by atoms with van der Waals surface area (Å²) in [6.07, 6.45) is 1.81. The van der Waals surface area contributed by atoms with Gasteiger partial charge >= 0.3 is 0 Å². The van der Waals surface area contributed by atoms with Gasteiger partial charge < -0.3 is 0 Å². The minimum absolute atomic E-state index is 0.227. The largest absolute Gasteiger partial charge is 0.237 e. The summed E-state index contributed by atoms with van der Waals surface area (Å²) in [4.78, 5) is 0. The van der Waals surface area contributed by atoms with Crippen LogP contribution in [0.1, 0.15) is 11.3 Å². The molecule has 0 spiro atoms. The van der Waals surface area contributed by atoms with E-state index in [4.69, 9.17) is 0 Å². The quantitative estimate of drug-likeness (QED) is 0.582. The van der Waals surface area contributed by atoms with Gasteiger partial charge in [0.1, 0.15) is 5.52 Å². The first-order chi connectivity index (χ1) is 5.68. The Labute approximate surface area is 69.6 Å². The molecular formula is C9H9FN2. The van der Waals surface area contributed by atoms with Crippen LogP contribution in [-0.2, 0) is 0 Å². The van der Waals surface area contributed by atoms with Gasteiger partial charge in [0.05, 0.1) is 5.69 Å². The van der Waals surface area contributed by atoms with Crippen LogP contribution in [0.15, 0.2) is 18.3 Å². The molecule has 0 aliphatic carbocycles. The van der Waals surface area contributed by atoms with Gasteiger partial charge in [-0.15, -0.1) is 0 Å². The summed E-state index contributed by atoms with van der Waals surface area (Å²) in [5, 5.41) is 4.02. The van der Waals surface area contributed by atoms with Crippen LogP contribution < -0.4 is 0 Å². The number of rotatable bonds is 0. The van der Waals surface area contributed by atoms with Crippen molar-refractivity contribution in [3.8, 4) is 0 Å². The number of aromatic nitrogens is 2. The second-order valence-electron chi connectivity index (χ2n) is 2.94. The number of aryl methyl sites for hydroxylation is 2. The molecule has 0 aliphatic heterocycles. The average Bonchev–Trinajstić information content (AvgIpc) is 2.28. The van der Waals surface area contributed by atoms with E-state index in [0.717, 1.165) is 5.56 Å². The molecule has 2 heterocycles. The second-order valence-corrected chi connectivity index (χ2v) is 2.94. The third-order valence-corrected chi connectivity index (χ3v) is 1.88. The molecule has 2 rings (SSSR count). The van der Waals surface area contributed by atoms with Gasteiger partial charge in [-0.3, -0.25) is 0 Å². The van der Waals surface area contributed by atoms with Gasteiger partial charge in [0.2, 0.25) is 0 Å². The smallest absolute Gasteiger partial charge is 0.171 e. The van der Waals surface area contributed by atoms with Crippen molar-refractivity contribution < 1.29 is 4.39 Å². The highest BCUT2D eigenvalue weighted by Crippen LogP contribution is 2.13. The minimum Gasteiger partial charge on any atom is -0.237 e. The van der Waals surface area contributed by atoms with E-state index in [9.17, 15) is 4.39 Å². The van der Waals surface area contributed by atoms with Gasteiger partial charge in [-0.25, -0.2) is 8.91 Å². The molecule has 0 atom stereocenters. The van der Waals surface area contributed by atoms with Crippen LogP contribution in [0.4, 0.5) is 4.39 Å². The summed E-state index contributed by atoms with van der Waals surface area (Å²) >= 11 is 0. The maximum absolute atomic E-state index is 13.2. The Morgan fingerprint density at radius 3 is 2.83 bits per heavy atom. The molecule has 0 aliphatic rings. The zero-order valence-corrected chi connectivity index (χ0v) is 7.00. The van der Waals surface area contributed by atoms with E-state index in [-0.39, 0.29) is 5.82 Å². The molecule has 2 aromatic heterocycles. The van der Waals surface area contributed by atoms with Crippen molar-refractivity contribution in [3.63, 3.8) is 0 Å². The molecule has 0 saturated carbocycles. The fourth-order valence-electron chi connectivity index (χ4n) is 1.24. The van der Waals surface area contributed by atoms with Crippen molar-refractivity contribution in [2.75, 3.05) is 0 Å². The fourth-order valence-corrected chi connectivity index (χ4v) is 1.24. The third kappa shape index (κ3) is 0.897.